The molecule has 4 rings (SSSR count). The molecular formula is C21H27N5. The molecule has 26 heavy (non-hydrogen) atoms. The van der Waals surface area contributed by atoms with E-state index in [0.29, 0.717) is 5.92 Å². The summed E-state index contributed by atoms with van der Waals surface area (Å²) >= 11 is 0. The summed E-state index contributed by atoms with van der Waals surface area (Å²) in [6, 6.07) is 6.58. The third-order valence-corrected chi connectivity index (χ3v) is 5.53. The summed E-state index contributed by atoms with van der Waals surface area (Å²) in [6.45, 7) is 8.83. The van der Waals surface area contributed by atoms with Crippen LogP contribution in [0, 0.1) is 12.8 Å². The number of nitrogens with zero attached hydrogens (tertiary/aromatic N) is 4. The average Bonchev–Trinajstić information content (AvgIpc) is 3.13. The first kappa shape index (κ1) is 16.9. The van der Waals surface area contributed by atoms with Crippen molar-refractivity contribution in [2.45, 2.75) is 46.6 Å². The number of hydrogen-bond donors (Lipinski definition) is 1. The number of aromatic nitrogens is 4. The molecule has 0 spiro atoms. The van der Waals surface area contributed by atoms with Gasteiger partial charge in [0.05, 0.1) is 17.4 Å². The van der Waals surface area contributed by atoms with Crippen LogP contribution in [0.15, 0.2) is 30.5 Å². The smallest absolute Gasteiger partial charge is 0.155 e. The van der Waals surface area contributed by atoms with E-state index in [2.05, 4.69) is 72.6 Å². The van der Waals surface area contributed by atoms with E-state index < -0.39 is 0 Å². The van der Waals surface area contributed by atoms with E-state index in [1.807, 2.05) is 12.3 Å². The zero-order valence-electron chi connectivity index (χ0n) is 16.2. The largest absolute Gasteiger partial charge is 0.327 e. The molecule has 0 radical (unpaired) electrons. The van der Waals surface area contributed by atoms with Gasteiger partial charge in [-0.2, -0.15) is 0 Å². The summed E-state index contributed by atoms with van der Waals surface area (Å²) in [5.74, 6) is 1.60. The molecule has 136 valence electrons. The van der Waals surface area contributed by atoms with Gasteiger partial charge in [-0.1, -0.05) is 19.9 Å². The van der Waals surface area contributed by atoms with Gasteiger partial charge in [-0.05, 0) is 56.4 Å². The highest BCUT2D eigenvalue weighted by Gasteiger charge is 2.28. The number of nitrogens with one attached hydrogen (secondary N) is 1. The van der Waals surface area contributed by atoms with Gasteiger partial charge in [0.2, 0.25) is 0 Å². The SMILES string of the molecule is CCC(CC)C1=CC(C)Nn2c1nc(C)c2-c1cc2cccnc2n1C. The monoisotopic (exact) mass is 349 g/mol. The summed E-state index contributed by atoms with van der Waals surface area (Å²) < 4.78 is 4.36. The van der Waals surface area contributed by atoms with Crippen LogP contribution in [0.4, 0.5) is 0 Å². The Hall–Kier alpha value is -2.56. The van der Waals surface area contributed by atoms with Crippen molar-refractivity contribution in [1.82, 2.24) is 19.2 Å². The van der Waals surface area contributed by atoms with Crippen molar-refractivity contribution in [2.75, 3.05) is 5.43 Å². The molecule has 1 N–H and O–H groups in total. The van der Waals surface area contributed by atoms with E-state index in [0.717, 1.165) is 46.8 Å². The van der Waals surface area contributed by atoms with Crippen LogP contribution in [-0.4, -0.2) is 25.3 Å². The van der Waals surface area contributed by atoms with Crippen LogP contribution < -0.4 is 5.43 Å². The number of hydrogen-bond acceptors (Lipinski definition) is 3. The van der Waals surface area contributed by atoms with Gasteiger partial charge >= 0.3 is 0 Å². The van der Waals surface area contributed by atoms with E-state index in [1.54, 1.807) is 0 Å². The lowest BCUT2D eigenvalue weighted by molar-refractivity contribution is 0.602. The lowest BCUT2D eigenvalue weighted by Crippen LogP contribution is -2.31. The molecule has 1 atom stereocenters. The van der Waals surface area contributed by atoms with Gasteiger partial charge in [-0.25, -0.2) is 14.6 Å². The summed E-state index contributed by atoms with van der Waals surface area (Å²) in [5.41, 5.74) is 9.28. The number of aryl methyl sites for hydroxylation is 2. The minimum Gasteiger partial charge on any atom is -0.327 e. The van der Waals surface area contributed by atoms with Crippen molar-refractivity contribution in [2.24, 2.45) is 13.0 Å². The van der Waals surface area contributed by atoms with E-state index in [1.165, 1.54) is 5.57 Å². The van der Waals surface area contributed by atoms with Gasteiger partial charge < -0.3 is 9.99 Å². The molecule has 3 aromatic rings. The lowest BCUT2D eigenvalue weighted by Gasteiger charge is -2.28. The summed E-state index contributed by atoms with van der Waals surface area (Å²) in [4.78, 5) is 9.51. The maximum atomic E-state index is 4.97. The van der Waals surface area contributed by atoms with Crippen LogP contribution in [0.1, 0.15) is 45.1 Å². The van der Waals surface area contributed by atoms with Crippen molar-refractivity contribution in [1.29, 1.82) is 0 Å². The predicted molar refractivity (Wildman–Crippen MR) is 108 cm³/mol. The fourth-order valence-electron chi connectivity index (χ4n) is 4.17. The van der Waals surface area contributed by atoms with Crippen LogP contribution in [0.2, 0.25) is 0 Å². The third-order valence-electron chi connectivity index (χ3n) is 5.53. The second-order valence-corrected chi connectivity index (χ2v) is 7.26. The van der Waals surface area contributed by atoms with E-state index in [-0.39, 0.29) is 6.04 Å². The molecule has 0 saturated carbocycles. The second kappa shape index (κ2) is 6.31. The molecule has 0 saturated heterocycles. The highest BCUT2D eigenvalue weighted by molar-refractivity contribution is 5.84. The van der Waals surface area contributed by atoms with Crippen molar-refractivity contribution < 1.29 is 0 Å². The number of allylic oxidation sites excluding steroid dienone is 1. The Bertz CT molecular complexity index is 987. The first-order chi connectivity index (χ1) is 12.5. The predicted octanol–water partition coefficient (Wildman–Crippen LogP) is 4.51. The molecule has 4 heterocycles. The Kier molecular flexibility index (Phi) is 4.10. The second-order valence-electron chi connectivity index (χ2n) is 7.26. The molecule has 5 heteroatoms. The standard InChI is InChI=1S/C21H27N5/c1-6-15(7-2)17-11-13(3)24-26-19(14(4)23-21(17)26)18-12-16-9-8-10-22-20(16)25(18)5/h8-13,15,24H,6-7H2,1-5H3. The minimum absolute atomic E-state index is 0.276. The summed E-state index contributed by atoms with van der Waals surface area (Å²) in [7, 11) is 2.08. The maximum absolute atomic E-state index is 4.97. The fourth-order valence-corrected chi connectivity index (χ4v) is 4.17. The van der Waals surface area contributed by atoms with Crippen molar-refractivity contribution in [3.63, 3.8) is 0 Å². The third kappa shape index (κ3) is 2.45. The highest BCUT2D eigenvalue weighted by Crippen LogP contribution is 2.36. The molecule has 5 nitrogen and oxygen atoms in total. The minimum atomic E-state index is 0.276. The quantitative estimate of drug-likeness (QED) is 0.754. The molecular weight excluding hydrogens is 322 g/mol. The first-order valence-electron chi connectivity index (χ1n) is 9.53. The van der Waals surface area contributed by atoms with Crippen LogP contribution >= 0.6 is 0 Å². The van der Waals surface area contributed by atoms with Gasteiger partial charge in [-0.15, -0.1) is 0 Å². The zero-order chi connectivity index (χ0) is 18.4. The van der Waals surface area contributed by atoms with Crippen LogP contribution in [0.3, 0.4) is 0 Å². The average molecular weight is 349 g/mol. The fraction of sp³-hybridized carbons (Fsp3) is 0.429. The maximum Gasteiger partial charge on any atom is 0.155 e. The van der Waals surface area contributed by atoms with Crippen molar-refractivity contribution in [3.8, 4) is 11.4 Å². The summed E-state index contributed by atoms with van der Waals surface area (Å²) in [6.07, 6.45) is 6.45. The lowest BCUT2D eigenvalue weighted by atomic mass is 9.91. The van der Waals surface area contributed by atoms with Crippen LogP contribution in [0.25, 0.3) is 28.0 Å². The van der Waals surface area contributed by atoms with Gasteiger partial charge in [0.15, 0.2) is 5.82 Å². The first-order valence-corrected chi connectivity index (χ1v) is 9.53. The topological polar surface area (TPSA) is 47.7 Å². The van der Waals surface area contributed by atoms with Crippen LogP contribution in [0.5, 0.6) is 0 Å². The number of imidazole rings is 1. The molecule has 0 amide bonds. The number of rotatable bonds is 4. The Morgan fingerprint density at radius 2 is 2.04 bits per heavy atom. The van der Waals surface area contributed by atoms with Gasteiger partial charge in [-0.3, -0.25) is 0 Å². The molecule has 0 fully saturated rings. The van der Waals surface area contributed by atoms with Crippen molar-refractivity contribution in [3.05, 3.63) is 42.0 Å². The highest BCUT2D eigenvalue weighted by atomic mass is 15.5. The Labute approximate surface area is 154 Å². The molecule has 0 aromatic carbocycles. The Morgan fingerprint density at radius 3 is 2.73 bits per heavy atom. The Balaban J connectivity index is 1.93. The van der Waals surface area contributed by atoms with E-state index >= 15 is 0 Å². The molecule has 0 bridgehead atoms. The number of pyridine rings is 1. The molecule has 1 unspecified atom stereocenters. The molecule has 1 aliphatic heterocycles. The van der Waals surface area contributed by atoms with E-state index in [4.69, 9.17) is 4.98 Å². The van der Waals surface area contributed by atoms with Gasteiger partial charge in [0.25, 0.3) is 0 Å². The van der Waals surface area contributed by atoms with Gasteiger partial charge in [0.1, 0.15) is 11.3 Å². The Morgan fingerprint density at radius 1 is 1.27 bits per heavy atom. The van der Waals surface area contributed by atoms with Crippen molar-refractivity contribution >= 4 is 16.6 Å². The number of fused-ring (bicyclic) bond motifs is 2. The van der Waals surface area contributed by atoms with Crippen LogP contribution in [-0.2, 0) is 7.05 Å². The summed E-state index contributed by atoms with van der Waals surface area (Å²) in [5, 5.41) is 1.15. The molecule has 0 aliphatic carbocycles. The normalized spacial score (nSPS) is 16.7. The zero-order valence-corrected chi connectivity index (χ0v) is 16.2. The van der Waals surface area contributed by atoms with E-state index in [9.17, 15) is 0 Å². The van der Waals surface area contributed by atoms with Gasteiger partial charge in [0, 0.05) is 18.6 Å². The molecule has 1 aliphatic rings. The molecule has 3 aromatic heterocycles.